The molecule has 2 heterocycles. The molecule has 1 fully saturated rings. The van der Waals surface area contributed by atoms with Crippen molar-refractivity contribution >= 4 is 27.4 Å². The second kappa shape index (κ2) is 4.72. The Hall–Kier alpha value is -1.20. The van der Waals surface area contributed by atoms with E-state index in [-0.39, 0.29) is 0 Å². The van der Waals surface area contributed by atoms with Crippen LogP contribution in [0.4, 0.5) is 5.82 Å². The van der Waals surface area contributed by atoms with E-state index in [1.165, 1.54) is 10.4 Å². The fraction of sp³-hybridized carbons (Fsp3) is 0.571. The van der Waals surface area contributed by atoms with Crippen LogP contribution in [0.5, 0.6) is 0 Å². The number of hydrogen-bond donors (Lipinski definition) is 2. The lowest BCUT2D eigenvalue weighted by atomic mass is 10.0. The first-order valence-corrected chi connectivity index (χ1v) is 7.58. The highest BCUT2D eigenvalue weighted by molar-refractivity contribution is 7.18. The van der Waals surface area contributed by atoms with Crippen LogP contribution < -0.4 is 5.32 Å². The van der Waals surface area contributed by atoms with Gasteiger partial charge in [0.2, 0.25) is 0 Å². The number of nitrogens with zero attached hydrogens (tertiary/aromatic N) is 2. The molecule has 1 saturated carbocycles. The van der Waals surface area contributed by atoms with Crippen molar-refractivity contribution in [3.63, 3.8) is 0 Å². The third-order valence-electron chi connectivity index (χ3n) is 4.08. The Balaban J connectivity index is 1.88. The SMILES string of the molecule is Cc1sc2ncnc(NCC3(O)CCCC3)c2c1C. The van der Waals surface area contributed by atoms with Crippen molar-refractivity contribution in [3.05, 3.63) is 16.8 Å². The van der Waals surface area contributed by atoms with Crippen molar-refractivity contribution in [2.24, 2.45) is 0 Å². The van der Waals surface area contributed by atoms with Gasteiger partial charge in [0.05, 0.1) is 11.0 Å². The average Bonchev–Trinajstić information content (AvgIpc) is 2.94. The molecule has 0 bridgehead atoms. The molecular formula is C14H19N3OS. The van der Waals surface area contributed by atoms with Crippen LogP contribution in [0.3, 0.4) is 0 Å². The number of aromatic nitrogens is 2. The maximum absolute atomic E-state index is 10.4. The fourth-order valence-electron chi connectivity index (χ4n) is 2.77. The normalized spacial score (nSPS) is 18.1. The van der Waals surface area contributed by atoms with Crippen molar-refractivity contribution in [1.82, 2.24) is 9.97 Å². The molecule has 3 rings (SSSR count). The Kier molecular flexibility index (Phi) is 3.19. The molecule has 0 saturated heterocycles. The number of rotatable bonds is 3. The van der Waals surface area contributed by atoms with Crippen LogP contribution in [-0.4, -0.2) is 27.2 Å². The van der Waals surface area contributed by atoms with Crippen LogP contribution in [0.15, 0.2) is 6.33 Å². The number of aliphatic hydroxyl groups is 1. The van der Waals surface area contributed by atoms with E-state index in [4.69, 9.17) is 0 Å². The maximum atomic E-state index is 10.4. The molecule has 1 aliphatic carbocycles. The van der Waals surface area contributed by atoms with Crippen molar-refractivity contribution in [3.8, 4) is 0 Å². The summed E-state index contributed by atoms with van der Waals surface area (Å²) >= 11 is 1.70. The van der Waals surface area contributed by atoms with E-state index in [0.717, 1.165) is 41.7 Å². The molecule has 0 amide bonds. The second-order valence-corrected chi connectivity index (χ2v) is 6.67. The summed E-state index contributed by atoms with van der Waals surface area (Å²) in [4.78, 5) is 11.0. The lowest BCUT2D eigenvalue weighted by Gasteiger charge is -2.22. The van der Waals surface area contributed by atoms with E-state index in [9.17, 15) is 5.11 Å². The number of hydrogen-bond acceptors (Lipinski definition) is 5. The van der Waals surface area contributed by atoms with Gasteiger partial charge < -0.3 is 10.4 Å². The maximum Gasteiger partial charge on any atom is 0.138 e. The topological polar surface area (TPSA) is 58.0 Å². The van der Waals surface area contributed by atoms with Crippen LogP contribution in [0.2, 0.25) is 0 Å². The van der Waals surface area contributed by atoms with E-state index in [1.54, 1.807) is 17.7 Å². The number of anilines is 1. The Morgan fingerprint density at radius 3 is 2.79 bits per heavy atom. The zero-order chi connectivity index (χ0) is 13.5. The molecule has 2 aromatic rings. The van der Waals surface area contributed by atoms with Gasteiger partial charge in [-0.1, -0.05) is 12.8 Å². The van der Waals surface area contributed by atoms with Gasteiger partial charge in [-0.2, -0.15) is 0 Å². The number of aryl methyl sites for hydroxylation is 2. The summed E-state index contributed by atoms with van der Waals surface area (Å²) in [5.74, 6) is 0.854. The Morgan fingerprint density at radius 2 is 2.05 bits per heavy atom. The molecule has 1 aliphatic rings. The number of fused-ring (bicyclic) bond motifs is 1. The zero-order valence-electron chi connectivity index (χ0n) is 11.4. The molecule has 2 aromatic heterocycles. The first-order chi connectivity index (χ1) is 9.09. The lowest BCUT2D eigenvalue weighted by molar-refractivity contribution is 0.0614. The molecule has 0 radical (unpaired) electrons. The molecule has 0 aromatic carbocycles. The highest BCUT2D eigenvalue weighted by atomic mass is 32.1. The first-order valence-electron chi connectivity index (χ1n) is 6.76. The van der Waals surface area contributed by atoms with Crippen molar-refractivity contribution in [2.45, 2.75) is 45.1 Å². The summed E-state index contributed by atoms with van der Waals surface area (Å²) in [5, 5.41) is 14.8. The summed E-state index contributed by atoms with van der Waals surface area (Å²) in [6, 6.07) is 0. The minimum Gasteiger partial charge on any atom is -0.388 e. The Morgan fingerprint density at radius 1 is 1.32 bits per heavy atom. The van der Waals surface area contributed by atoms with Gasteiger partial charge in [-0.3, -0.25) is 0 Å². The molecule has 0 atom stereocenters. The lowest BCUT2D eigenvalue weighted by Crippen LogP contribution is -2.33. The van der Waals surface area contributed by atoms with Gasteiger partial charge in [-0.15, -0.1) is 11.3 Å². The van der Waals surface area contributed by atoms with Gasteiger partial charge in [0, 0.05) is 11.4 Å². The quantitative estimate of drug-likeness (QED) is 0.905. The summed E-state index contributed by atoms with van der Waals surface area (Å²) in [6.45, 7) is 4.79. The van der Waals surface area contributed by atoms with Crippen LogP contribution in [0, 0.1) is 13.8 Å². The largest absolute Gasteiger partial charge is 0.388 e. The van der Waals surface area contributed by atoms with Crippen LogP contribution in [0.1, 0.15) is 36.1 Å². The number of thiophene rings is 1. The predicted octanol–water partition coefficient (Wildman–Crippen LogP) is 3.03. The molecule has 19 heavy (non-hydrogen) atoms. The summed E-state index contributed by atoms with van der Waals surface area (Å²) in [5.41, 5.74) is 0.678. The molecule has 2 N–H and O–H groups in total. The van der Waals surface area contributed by atoms with Gasteiger partial charge in [0.1, 0.15) is 17.0 Å². The summed E-state index contributed by atoms with van der Waals surface area (Å²) < 4.78 is 0. The Labute approximate surface area is 116 Å². The summed E-state index contributed by atoms with van der Waals surface area (Å²) in [6.07, 6.45) is 5.60. The van der Waals surface area contributed by atoms with E-state index < -0.39 is 5.60 Å². The van der Waals surface area contributed by atoms with Gasteiger partial charge >= 0.3 is 0 Å². The summed E-state index contributed by atoms with van der Waals surface area (Å²) in [7, 11) is 0. The van der Waals surface area contributed by atoms with Crippen LogP contribution >= 0.6 is 11.3 Å². The second-order valence-electron chi connectivity index (χ2n) is 5.47. The Bertz CT molecular complexity index is 602. The fourth-order valence-corrected chi connectivity index (χ4v) is 3.77. The van der Waals surface area contributed by atoms with Gasteiger partial charge in [0.15, 0.2) is 0 Å². The zero-order valence-corrected chi connectivity index (χ0v) is 12.2. The van der Waals surface area contributed by atoms with Gasteiger partial charge in [-0.25, -0.2) is 9.97 Å². The van der Waals surface area contributed by atoms with E-state index in [1.807, 2.05) is 0 Å². The standard InChI is InChI=1S/C14H19N3OS/c1-9-10(2)19-13-11(9)12(16-8-17-13)15-7-14(18)5-3-4-6-14/h8,18H,3-7H2,1-2H3,(H,15,16,17). The van der Waals surface area contributed by atoms with Crippen LogP contribution in [-0.2, 0) is 0 Å². The molecule has 5 heteroatoms. The molecule has 0 spiro atoms. The van der Waals surface area contributed by atoms with Crippen molar-refractivity contribution < 1.29 is 5.11 Å². The molecule has 102 valence electrons. The molecule has 4 nitrogen and oxygen atoms in total. The number of nitrogens with one attached hydrogen (secondary N) is 1. The van der Waals surface area contributed by atoms with Crippen molar-refractivity contribution in [2.75, 3.05) is 11.9 Å². The minimum absolute atomic E-state index is 0.559. The third kappa shape index (κ3) is 2.32. The van der Waals surface area contributed by atoms with Crippen molar-refractivity contribution in [1.29, 1.82) is 0 Å². The molecule has 0 unspecified atom stereocenters. The minimum atomic E-state index is -0.559. The average molecular weight is 277 g/mol. The molecule has 0 aliphatic heterocycles. The van der Waals surface area contributed by atoms with E-state index in [0.29, 0.717) is 6.54 Å². The smallest absolute Gasteiger partial charge is 0.138 e. The molecular weight excluding hydrogens is 258 g/mol. The predicted molar refractivity (Wildman–Crippen MR) is 78.8 cm³/mol. The first kappa shape index (κ1) is 12.8. The van der Waals surface area contributed by atoms with Crippen LogP contribution in [0.25, 0.3) is 10.2 Å². The van der Waals surface area contributed by atoms with E-state index >= 15 is 0 Å². The highest BCUT2D eigenvalue weighted by Gasteiger charge is 2.31. The highest BCUT2D eigenvalue weighted by Crippen LogP contribution is 2.34. The third-order valence-corrected chi connectivity index (χ3v) is 5.20. The van der Waals surface area contributed by atoms with Gasteiger partial charge in [0.25, 0.3) is 0 Å². The van der Waals surface area contributed by atoms with E-state index in [2.05, 4.69) is 29.1 Å². The monoisotopic (exact) mass is 277 g/mol. The van der Waals surface area contributed by atoms with Gasteiger partial charge in [-0.05, 0) is 32.3 Å².